The van der Waals surface area contributed by atoms with Crippen LogP contribution in [-0.2, 0) is 36.5 Å². The lowest BCUT2D eigenvalue weighted by Crippen LogP contribution is -2.59. The molecule has 0 aliphatic carbocycles. The molecule has 4 aromatic carbocycles. The Balaban J connectivity index is 1.57. The fourth-order valence-electron chi connectivity index (χ4n) is 6.91. The number of hydrogen-bond donors (Lipinski definition) is 1. The average molecular weight is 750 g/mol. The van der Waals surface area contributed by atoms with Crippen molar-refractivity contribution in [1.82, 2.24) is 9.80 Å². The number of aliphatic hydroxyl groups excluding tert-OH is 1. The zero-order valence-corrected chi connectivity index (χ0v) is 30.3. The molecule has 15 heteroatoms. The smallest absolute Gasteiger partial charge is 0.497 e. The Morgan fingerprint density at radius 2 is 1.63 bits per heavy atom. The van der Waals surface area contributed by atoms with Gasteiger partial charge < -0.3 is 29.0 Å². The van der Waals surface area contributed by atoms with Crippen LogP contribution < -0.4 is 18.5 Å². The molecule has 2 aliphatic heterocycles. The SMILES string of the molecule is COc1ccc(S(=O)(=O)N2C(=O)[C@@](c3ccccc3CO)(N3C[C@H](OC(=O)Oc4ccccc4)C[C@H]3C(=O)N(C)C)c3cc(Cl)ccc32)c(OC)c1. The third-order valence-electron chi connectivity index (χ3n) is 9.15. The predicted molar refractivity (Wildman–Crippen MR) is 190 cm³/mol. The lowest BCUT2D eigenvalue weighted by atomic mass is 9.79. The number of fused-ring (bicyclic) bond motifs is 1. The molecule has 0 aromatic heterocycles. The van der Waals surface area contributed by atoms with Crippen LogP contribution in [0.2, 0.25) is 5.02 Å². The first-order chi connectivity index (χ1) is 24.9. The van der Waals surface area contributed by atoms with Crippen LogP contribution in [0.3, 0.4) is 0 Å². The summed E-state index contributed by atoms with van der Waals surface area (Å²) in [5, 5.41) is 10.8. The number of sulfonamides is 1. The Morgan fingerprint density at radius 1 is 0.923 bits per heavy atom. The molecule has 1 N–H and O–H groups in total. The Hall–Kier alpha value is -5.15. The molecule has 272 valence electrons. The maximum Gasteiger partial charge on any atom is 0.514 e. The van der Waals surface area contributed by atoms with Crippen molar-refractivity contribution in [2.24, 2.45) is 0 Å². The van der Waals surface area contributed by atoms with Crippen molar-refractivity contribution in [2.75, 3.05) is 39.2 Å². The molecule has 0 bridgehead atoms. The van der Waals surface area contributed by atoms with Crippen LogP contribution in [0, 0.1) is 0 Å². The molecule has 0 saturated carbocycles. The van der Waals surface area contributed by atoms with Crippen LogP contribution in [0.15, 0.2) is 95.9 Å². The molecule has 0 unspecified atom stereocenters. The highest BCUT2D eigenvalue weighted by Crippen LogP contribution is 2.54. The molecule has 2 aliphatic rings. The Kier molecular flexibility index (Phi) is 10.2. The minimum Gasteiger partial charge on any atom is -0.497 e. The number of amides is 2. The summed E-state index contributed by atoms with van der Waals surface area (Å²) < 4.78 is 52.1. The number of anilines is 1. The first-order valence-electron chi connectivity index (χ1n) is 16.1. The van der Waals surface area contributed by atoms with Gasteiger partial charge in [-0.05, 0) is 53.6 Å². The van der Waals surface area contributed by atoms with E-state index in [-0.39, 0.29) is 56.8 Å². The summed E-state index contributed by atoms with van der Waals surface area (Å²) in [6.45, 7) is -0.755. The molecular weight excluding hydrogens is 714 g/mol. The van der Waals surface area contributed by atoms with Crippen molar-refractivity contribution in [3.05, 3.63) is 113 Å². The normalized spacial score (nSPS) is 20.0. The van der Waals surface area contributed by atoms with E-state index in [4.69, 9.17) is 30.5 Å². The summed E-state index contributed by atoms with van der Waals surface area (Å²) in [5.41, 5.74) is -1.51. The monoisotopic (exact) mass is 749 g/mol. The van der Waals surface area contributed by atoms with Gasteiger partial charge in [0.2, 0.25) is 5.91 Å². The van der Waals surface area contributed by atoms with Gasteiger partial charge in [0.25, 0.3) is 15.9 Å². The number of carbonyl (C=O) groups excluding carboxylic acids is 3. The highest BCUT2D eigenvalue weighted by Gasteiger charge is 2.64. The van der Waals surface area contributed by atoms with Crippen LogP contribution in [0.4, 0.5) is 10.5 Å². The first kappa shape index (κ1) is 36.6. The maximum atomic E-state index is 15.6. The number of nitrogens with zero attached hydrogens (tertiary/aromatic N) is 3. The number of likely N-dealkylation sites (tertiary alicyclic amines) is 1. The third kappa shape index (κ3) is 6.21. The maximum absolute atomic E-state index is 15.6. The van der Waals surface area contributed by atoms with Crippen LogP contribution in [-0.4, -0.2) is 88.3 Å². The number of carbonyl (C=O) groups is 3. The fourth-order valence-corrected chi connectivity index (χ4v) is 8.68. The van der Waals surface area contributed by atoms with E-state index in [0.29, 0.717) is 10.1 Å². The number of benzene rings is 4. The van der Waals surface area contributed by atoms with Crippen molar-refractivity contribution in [1.29, 1.82) is 0 Å². The molecule has 3 atom stereocenters. The zero-order valence-electron chi connectivity index (χ0n) is 28.7. The van der Waals surface area contributed by atoms with Gasteiger partial charge in [-0.2, -0.15) is 0 Å². The molecule has 1 fully saturated rings. The number of rotatable bonds is 10. The fraction of sp³-hybridized carbons (Fsp3) is 0.270. The Morgan fingerprint density at radius 3 is 2.31 bits per heavy atom. The second kappa shape index (κ2) is 14.5. The molecule has 2 amide bonds. The van der Waals surface area contributed by atoms with Crippen molar-refractivity contribution in [2.45, 2.75) is 35.6 Å². The molecular formula is C37H36ClN3O10S. The summed E-state index contributed by atoms with van der Waals surface area (Å²) in [6, 6.07) is 22.0. The number of ether oxygens (including phenoxy) is 4. The largest absolute Gasteiger partial charge is 0.514 e. The highest BCUT2D eigenvalue weighted by atomic mass is 35.5. The summed E-state index contributed by atoms with van der Waals surface area (Å²) in [5.74, 6) is -0.949. The van der Waals surface area contributed by atoms with Crippen LogP contribution in [0.5, 0.6) is 17.2 Å². The molecule has 0 spiro atoms. The van der Waals surface area contributed by atoms with Crippen LogP contribution >= 0.6 is 11.6 Å². The zero-order chi connectivity index (χ0) is 37.4. The number of likely N-dealkylation sites (N-methyl/N-ethyl adjacent to an activating group) is 1. The second-order valence-corrected chi connectivity index (χ2v) is 14.5. The molecule has 52 heavy (non-hydrogen) atoms. The lowest BCUT2D eigenvalue weighted by molar-refractivity contribution is -0.138. The van der Waals surface area contributed by atoms with Gasteiger partial charge in [-0.1, -0.05) is 54.1 Å². The van der Waals surface area contributed by atoms with E-state index in [0.717, 1.165) is 0 Å². The van der Waals surface area contributed by atoms with E-state index < -0.39 is 52.3 Å². The molecule has 13 nitrogen and oxygen atoms in total. The lowest BCUT2D eigenvalue weighted by Gasteiger charge is -2.42. The molecule has 0 radical (unpaired) electrons. The molecule has 6 rings (SSSR count). The van der Waals surface area contributed by atoms with Gasteiger partial charge in [-0.3, -0.25) is 14.5 Å². The van der Waals surface area contributed by atoms with Gasteiger partial charge in [0, 0.05) is 43.7 Å². The Labute approximate surface area is 305 Å². The van der Waals surface area contributed by atoms with Gasteiger partial charge >= 0.3 is 6.16 Å². The topological polar surface area (TPSA) is 152 Å². The summed E-state index contributed by atoms with van der Waals surface area (Å²) in [7, 11) is 1.03. The number of aliphatic hydroxyl groups is 1. The van der Waals surface area contributed by atoms with E-state index in [9.17, 15) is 23.1 Å². The van der Waals surface area contributed by atoms with Gasteiger partial charge in [0.15, 0.2) is 5.54 Å². The van der Waals surface area contributed by atoms with Crippen molar-refractivity contribution in [3.63, 3.8) is 0 Å². The van der Waals surface area contributed by atoms with E-state index in [1.807, 2.05) is 0 Å². The highest BCUT2D eigenvalue weighted by molar-refractivity contribution is 7.93. The quantitative estimate of drug-likeness (QED) is 0.179. The van der Waals surface area contributed by atoms with Crippen LogP contribution in [0.1, 0.15) is 23.1 Å². The number of methoxy groups -OCH3 is 2. The van der Waals surface area contributed by atoms with E-state index >= 15 is 4.79 Å². The number of para-hydroxylation sites is 1. The minimum absolute atomic E-state index is 0.0380. The summed E-state index contributed by atoms with van der Waals surface area (Å²) >= 11 is 6.61. The minimum atomic E-state index is -4.76. The number of hydrogen-bond acceptors (Lipinski definition) is 11. The van der Waals surface area contributed by atoms with E-state index in [1.165, 1.54) is 60.4 Å². The van der Waals surface area contributed by atoms with Gasteiger partial charge in [-0.15, -0.1) is 0 Å². The first-order valence-corrected chi connectivity index (χ1v) is 17.9. The van der Waals surface area contributed by atoms with Gasteiger partial charge in [0.1, 0.15) is 28.2 Å². The standard InChI is InChI=1S/C37H36ClN3O10S/c1-39(2)34(43)31-19-27(51-36(45)50-25-11-6-5-7-12-25)21-40(31)37(28-13-9-8-10-23(28)22-42)29-18-24(38)14-16-30(29)41(35(37)44)52(46,47)33-17-15-26(48-3)20-32(33)49-4/h5-18,20,27,31,42H,19,21-22H2,1-4H3/t27-,31+,37+/m1/s1. The molecule has 2 heterocycles. The van der Waals surface area contributed by atoms with Gasteiger partial charge in [0.05, 0.1) is 32.6 Å². The van der Waals surface area contributed by atoms with E-state index in [1.54, 1.807) is 68.7 Å². The summed E-state index contributed by atoms with van der Waals surface area (Å²) in [4.78, 5) is 45.2. The average Bonchev–Trinajstić information content (AvgIpc) is 3.67. The van der Waals surface area contributed by atoms with Gasteiger partial charge in [-0.25, -0.2) is 17.5 Å². The summed E-state index contributed by atoms with van der Waals surface area (Å²) in [6.07, 6.45) is -2.10. The molecule has 1 saturated heterocycles. The third-order valence-corrected chi connectivity index (χ3v) is 11.1. The van der Waals surface area contributed by atoms with E-state index in [2.05, 4.69) is 0 Å². The Bertz CT molecular complexity index is 2130. The van der Waals surface area contributed by atoms with Crippen LogP contribution in [0.25, 0.3) is 0 Å². The number of halogens is 1. The van der Waals surface area contributed by atoms with Crippen molar-refractivity contribution >= 4 is 45.3 Å². The van der Waals surface area contributed by atoms with Crippen molar-refractivity contribution in [3.8, 4) is 17.2 Å². The second-order valence-electron chi connectivity index (χ2n) is 12.3. The predicted octanol–water partition coefficient (Wildman–Crippen LogP) is 4.58. The molecule has 4 aromatic rings. The van der Waals surface area contributed by atoms with Crippen molar-refractivity contribution < 1.29 is 46.9 Å².